The molecule has 0 unspecified atom stereocenters. The van der Waals surface area contributed by atoms with Crippen LogP contribution in [0, 0.1) is 0 Å². The van der Waals surface area contributed by atoms with Gasteiger partial charge in [0.2, 0.25) is 10.0 Å². The maximum Gasteiger partial charge on any atom is 0.417 e. The number of pyridine rings is 1. The number of rotatable bonds is 6. The van der Waals surface area contributed by atoms with Crippen LogP contribution in [0.2, 0.25) is 0 Å². The average molecular weight is 433 g/mol. The summed E-state index contributed by atoms with van der Waals surface area (Å²) in [6.07, 6.45) is -4.24. The minimum absolute atomic E-state index is 0.0617. The van der Waals surface area contributed by atoms with E-state index in [9.17, 15) is 36.0 Å². The molecule has 0 atom stereocenters. The van der Waals surface area contributed by atoms with Crippen LogP contribution in [0.25, 0.3) is 0 Å². The van der Waals surface area contributed by atoms with Gasteiger partial charge in [-0.25, -0.2) is 13.6 Å². The predicted octanol–water partition coefficient (Wildman–Crippen LogP) is 0.696. The van der Waals surface area contributed by atoms with Crippen molar-refractivity contribution in [1.29, 1.82) is 0 Å². The van der Waals surface area contributed by atoms with Crippen molar-refractivity contribution in [2.24, 2.45) is 5.14 Å². The fourth-order valence-corrected chi connectivity index (χ4v) is 2.66. The number of nitrogens with two attached hydrogens (primary N) is 1. The molecule has 0 radical (unpaired) electrons. The van der Waals surface area contributed by atoms with Gasteiger partial charge in [-0.2, -0.15) is 13.2 Å². The van der Waals surface area contributed by atoms with Gasteiger partial charge in [-0.1, -0.05) is 6.07 Å². The molecule has 0 fully saturated rings. The van der Waals surface area contributed by atoms with Crippen LogP contribution in [-0.4, -0.2) is 31.5 Å². The first-order chi connectivity index (χ1) is 13.4. The van der Waals surface area contributed by atoms with Gasteiger partial charge in [-0.05, 0) is 24.3 Å². The van der Waals surface area contributed by atoms with E-state index in [0.717, 1.165) is 6.07 Å². The Morgan fingerprint density at radius 1 is 1.17 bits per heavy atom. The summed E-state index contributed by atoms with van der Waals surface area (Å²) in [7, 11) is -3.99. The summed E-state index contributed by atoms with van der Waals surface area (Å²) in [6, 6.07) is 6.20. The number of esters is 1. The Labute approximate surface area is 161 Å². The first-order valence-electron chi connectivity index (χ1n) is 7.72. The van der Waals surface area contributed by atoms with Gasteiger partial charge in [-0.3, -0.25) is 14.4 Å². The van der Waals surface area contributed by atoms with Gasteiger partial charge in [0.25, 0.3) is 11.5 Å². The van der Waals surface area contributed by atoms with E-state index in [1.165, 1.54) is 18.2 Å². The minimum Gasteiger partial charge on any atom is -0.454 e. The third-order valence-electron chi connectivity index (χ3n) is 3.42. The van der Waals surface area contributed by atoms with Gasteiger partial charge >= 0.3 is 12.1 Å². The van der Waals surface area contributed by atoms with E-state index >= 15 is 0 Å². The van der Waals surface area contributed by atoms with Crippen LogP contribution in [0.15, 0.2) is 52.3 Å². The molecule has 1 amide bonds. The summed E-state index contributed by atoms with van der Waals surface area (Å²) < 4.78 is 65.7. The number of halogens is 3. The summed E-state index contributed by atoms with van der Waals surface area (Å²) in [5, 5.41) is 7.23. The monoisotopic (exact) mass is 433 g/mol. The molecule has 2 aromatic rings. The van der Waals surface area contributed by atoms with Crippen molar-refractivity contribution in [2.45, 2.75) is 17.6 Å². The van der Waals surface area contributed by atoms with E-state index in [4.69, 9.17) is 5.14 Å². The number of alkyl halides is 3. The van der Waals surface area contributed by atoms with E-state index in [-0.39, 0.29) is 10.6 Å². The van der Waals surface area contributed by atoms with Gasteiger partial charge in [0.15, 0.2) is 6.61 Å². The Balaban J connectivity index is 1.96. The maximum atomic E-state index is 12.7. The van der Waals surface area contributed by atoms with Crippen molar-refractivity contribution < 1.29 is 35.9 Å². The van der Waals surface area contributed by atoms with Crippen LogP contribution in [0.5, 0.6) is 0 Å². The molecule has 156 valence electrons. The van der Waals surface area contributed by atoms with Gasteiger partial charge in [0, 0.05) is 18.0 Å². The lowest BCUT2D eigenvalue weighted by Gasteiger charge is -2.11. The number of hydrogen-bond acceptors (Lipinski definition) is 6. The van der Waals surface area contributed by atoms with Crippen LogP contribution in [0.1, 0.15) is 5.56 Å². The van der Waals surface area contributed by atoms with Crippen molar-refractivity contribution in [1.82, 2.24) is 4.57 Å². The van der Waals surface area contributed by atoms with Crippen molar-refractivity contribution in [3.63, 3.8) is 0 Å². The molecule has 1 aromatic carbocycles. The number of hydrogen-bond donors (Lipinski definition) is 2. The third-order valence-corrected chi connectivity index (χ3v) is 4.33. The molecule has 9 nitrogen and oxygen atoms in total. The lowest BCUT2D eigenvalue weighted by molar-refractivity contribution is -0.148. The summed E-state index contributed by atoms with van der Waals surface area (Å²) in [4.78, 5) is 34.8. The molecule has 0 spiro atoms. The van der Waals surface area contributed by atoms with E-state index < -0.39 is 52.4 Å². The van der Waals surface area contributed by atoms with Crippen molar-refractivity contribution in [3.8, 4) is 0 Å². The number of aromatic nitrogens is 1. The maximum absolute atomic E-state index is 12.7. The molecule has 1 aromatic heterocycles. The Morgan fingerprint density at radius 2 is 1.86 bits per heavy atom. The molecule has 0 saturated heterocycles. The Hall–Kier alpha value is -3.19. The summed E-state index contributed by atoms with van der Waals surface area (Å²) >= 11 is 0. The quantitative estimate of drug-likeness (QED) is 0.643. The van der Waals surface area contributed by atoms with E-state index in [1.807, 2.05) is 0 Å². The SMILES string of the molecule is NS(=O)(=O)c1cccc(NC(=O)COC(=O)Cn2cc(C(F)(F)F)ccc2=O)c1. The van der Waals surface area contributed by atoms with Crippen LogP contribution < -0.4 is 16.0 Å². The number of nitrogens with one attached hydrogen (secondary N) is 1. The average Bonchev–Trinajstić information content (AvgIpc) is 2.60. The molecular formula is C16H14F3N3O6S. The van der Waals surface area contributed by atoms with Gasteiger partial charge in [0.05, 0.1) is 10.5 Å². The minimum atomic E-state index is -4.70. The highest BCUT2D eigenvalue weighted by molar-refractivity contribution is 7.89. The van der Waals surface area contributed by atoms with E-state index in [0.29, 0.717) is 22.9 Å². The predicted molar refractivity (Wildman–Crippen MR) is 93.1 cm³/mol. The highest BCUT2D eigenvalue weighted by Crippen LogP contribution is 2.28. The number of carbonyl (C=O) groups excluding carboxylic acids is 2. The molecular weight excluding hydrogens is 419 g/mol. The number of anilines is 1. The number of carbonyl (C=O) groups is 2. The lowest BCUT2D eigenvalue weighted by Crippen LogP contribution is -2.28. The number of nitrogens with zero attached hydrogens (tertiary/aromatic N) is 1. The van der Waals surface area contributed by atoms with Crippen LogP contribution in [-0.2, 0) is 37.1 Å². The largest absolute Gasteiger partial charge is 0.454 e. The van der Waals surface area contributed by atoms with E-state index in [1.54, 1.807) is 0 Å². The van der Waals surface area contributed by atoms with Crippen LogP contribution >= 0.6 is 0 Å². The van der Waals surface area contributed by atoms with Crippen LogP contribution in [0.4, 0.5) is 18.9 Å². The highest BCUT2D eigenvalue weighted by Gasteiger charge is 2.31. The molecule has 0 aliphatic heterocycles. The fraction of sp³-hybridized carbons (Fsp3) is 0.188. The summed E-state index contributed by atoms with van der Waals surface area (Å²) in [5.41, 5.74) is -1.93. The van der Waals surface area contributed by atoms with Gasteiger partial charge in [0.1, 0.15) is 6.54 Å². The topological polar surface area (TPSA) is 138 Å². The lowest BCUT2D eigenvalue weighted by atomic mass is 10.3. The molecule has 13 heteroatoms. The Kier molecular flexibility index (Phi) is 6.44. The molecule has 0 bridgehead atoms. The van der Waals surface area contributed by atoms with E-state index in [2.05, 4.69) is 10.1 Å². The second-order valence-corrected chi connectivity index (χ2v) is 7.22. The zero-order valence-electron chi connectivity index (χ0n) is 14.5. The molecule has 29 heavy (non-hydrogen) atoms. The van der Waals surface area contributed by atoms with Crippen LogP contribution in [0.3, 0.4) is 0 Å². The smallest absolute Gasteiger partial charge is 0.417 e. The number of primary sulfonamides is 1. The molecule has 0 aliphatic carbocycles. The zero-order chi connectivity index (χ0) is 21.8. The number of ether oxygens (including phenoxy) is 1. The normalized spacial score (nSPS) is 11.7. The molecule has 0 aliphatic rings. The Morgan fingerprint density at radius 3 is 2.48 bits per heavy atom. The van der Waals surface area contributed by atoms with Gasteiger partial charge in [-0.15, -0.1) is 0 Å². The Bertz CT molecular complexity index is 1100. The molecule has 3 N–H and O–H groups in total. The summed E-state index contributed by atoms with van der Waals surface area (Å²) in [6.45, 7) is -1.65. The first kappa shape index (κ1) is 22.1. The van der Waals surface area contributed by atoms with Crippen molar-refractivity contribution in [3.05, 3.63) is 58.5 Å². The standard InChI is InChI=1S/C16H14F3N3O6S/c17-16(18,19)10-4-5-14(24)22(7-10)8-15(25)28-9-13(23)21-11-2-1-3-12(6-11)29(20,26)27/h1-7H,8-9H2,(H,21,23)(H2,20,26,27). The second-order valence-electron chi connectivity index (χ2n) is 5.66. The third kappa shape index (κ3) is 6.43. The second kappa shape index (κ2) is 8.45. The van der Waals surface area contributed by atoms with Crippen molar-refractivity contribution in [2.75, 3.05) is 11.9 Å². The highest BCUT2D eigenvalue weighted by atomic mass is 32.2. The number of sulfonamides is 1. The van der Waals surface area contributed by atoms with Crippen molar-refractivity contribution >= 4 is 27.6 Å². The zero-order valence-corrected chi connectivity index (χ0v) is 15.3. The number of benzene rings is 1. The molecule has 1 heterocycles. The molecule has 0 saturated carbocycles. The molecule has 2 rings (SSSR count). The first-order valence-corrected chi connectivity index (χ1v) is 9.27. The summed E-state index contributed by atoms with van der Waals surface area (Å²) in [5.74, 6) is -1.97. The fourth-order valence-electron chi connectivity index (χ4n) is 2.10. The van der Waals surface area contributed by atoms with Gasteiger partial charge < -0.3 is 14.6 Å². The number of amides is 1.